The molecule has 0 aliphatic heterocycles. The second-order valence-corrected chi connectivity index (χ2v) is 5.61. The van der Waals surface area contributed by atoms with E-state index < -0.39 is 5.97 Å². The third-order valence-electron chi connectivity index (χ3n) is 3.24. The standard InChI is InChI=1S/C14H28N2O3/c1-4-11(7-14(18)19)9-16-13(17)6-12(8-15)5-10(2)3/h10-12H,4-9,15H2,1-3H3,(H,16,17)(H,18,19). The highest BCUT2D eigenvalue weighted by molar-refractivity contribution is 5.76. The number of rotatable bonds is 10. The molecule has 2 unspecified atom stereocenters. The van der Waals surface area contributed by atoms with Gasteiger partial charge in [0.15, 0.2) is 0 Å². The predicted octanol–water partition coefficient (Wildman–Crippen LogP) is 1.61. The quantitative estimate of drug-likeness (QED) is 0.563. The third-order valence-corrected chi connectivity index (χ3v) is 3.24. The maximum absolute atomic E-state index is 11.8. The minimum absolute atomic E-state index is 0.00266. The molecule has 5 nitrogen and oxygen atoms in total. The molecule has 0 aliphatic rings. The summed E-state index contributed by atoms with van der Waals surface area (Å²) in [6.07, 6.45) is 2.22. The van der Waals surface area contributed by atoms with Gasteiger partial charge in [0.25, 0.3) is 0 Å². The summed E-state index contributed by atoms with van der Waals surface area (Å²) in [6.45, 7) is 7.10. The summed E-state index contributed by atoms with van der Waals surface area (Å²) in [5, 5.41) is 11.6. The first-order valence-corrected chi connectivity index (χ1v) is 7.07. The highest BCUT2D eigenvalue weighted by Crippen LogP contribution is 2.14. The van der Waals surface area contributed by atoms with Crippen LogP contribution in [-0.4, -0.2) is 30.1 Å². The van der Waals surface area contributed by atoms with Crippen molar-refractivity contribution in [2.75, 3.05) is 13.1 Å². The zero-order valence-corrected chi connectivity index (χ0v) is 12.3. The van der Waals surface area contributed by atoms with Crippen LogP contribution in [-0.2, 0) is 9.59 Å². The molecule has 5 heteroatoms. The number of nitrogens with one attached hydrogen (secondary N) is 1. The Morgan fingerprint density at radius 1 is 1.21 bits per heavy atom. The molecule has 0 rings (SSSR count). The molecule has 0 saturated heterocycles. The minimum Gasteiger partial charge on any atom is -0.481 e. The summed E-state index contributed by atoms with van der Waals surface area (Å²) >= 11 is 0. The molecule has 2 atom stereocenters. The largest absolute Gasteiger partial charge is 0.481 e. The highest BCUT2D eigenvalue weighted by atomic mass is 16.4. The Balaban J connectivity index is 4.04. The van der Waals surface area contributed by atoms with E-state index >= 15 is 0 Å². The van der Waals surface area contributed by atoms with Gasteiger partial charge >= 0.3 is 5.97 Å². The zero-order valence-electron chi connectivity index (χ0n) is 12.3. The van der Waals surface area contributed by atoms with Crippen molar-refractivity contribution < 1.29 is 14.7 Å². The van der Waals surface area contributed by atoms with Crippen molar-refractivity contribution in [2.24, 2.45) is 23.5 Å². The molecule has 0 aromatic carbocycles. The Kier molecular flexibility index (Phi) is 9.21. The van der Waals surface area contributed by atoms with Crippen molar-refractivity contribution >= 4 is 11.9 Å². The summed E-state index contributed by atoms with van der Waals surface area (Å²) in [4.78, 5) is 22.4. The molecule has 19 heavy (non-hydrogen) atoms. The number of hydrogen-bond acceptors (Lipinski definition) is 3. The fourth-order valence-electron chi connectivity index (χ4n) is 2.13. The summed E-state index contributed by atoms with van der Waals surface area (Å²) < 4.78 is 0. The van der Waals surface area contributed by atoms with Crippen LogP contribution in [0, 0.1) is 17.8 Å². The van der Waals surface area contributed by atoms with Crippen LogP contribution in [0.1, 0.15) is 46.5 Å². The molecular formula is C14H28N2O3. The molecular weight excluding hydrogens is 244 g/mol. The van der Waals surface area contributed by atoms with Crippen LogP contribution in [0.15, 0.2) is 0 Å². The van der Waals surface area contributed by atoms with Gasteiger partial charge in [-0.05, 0) is 30.7 Å². The molecule has 112 valence electrons. The molecule has 0 saturated carbocycles. The van der Waals surface area contributed by atoms with E-state index in [9.17, 15) is 9.59 Å². The van der Waals surface area contributed by atoms with Gasteiger partial charge in [-0.2, -0.15) is 0 Å². The van der Waals surface area contributed by atoms with E-state index in [2.05, 4.69) is 19.2 Å². The lowest BCUT2D eigenvalue weighted by Gasteiger charge is -2.18. The molecule has 0 heterocycles. The summed E-state index contributed by atoms with van der Waals surface area (Å²) in [7, 11) is 0. The second kappa shape index (κ2) is 9.78. The summed E-state index contributed by atoms with van der Waals surface area (Å²) in [5.74, 6) is -0.111. The van der Waals surface area contributed by atoms with Crippen molar-refractivity contribution in [3.05, 3.63) is 0 Å². The Hall–Kier alpha value is -1.10. The van der Waals surface area contributed by atoms with Crippen LogP contribution in [0.25, 0.3) is 0 Å². The average molecular weight is 272 g/mol. The number of nitrogens with two attached hydrogens (primary N) is 1. The maximum Gasteiger partial charge on any atom is 0.303 e. The normalized spacial score (nSPS) is 14.2. The molecule has 0 aromatic rings. The lowest BCUT2D eigenvalue weighted by atomic mass is 9.94. The number of carboxylic acids is 1. The number of amides is 1. The zero-order chi connectivity index (χ0) is 14.8. The Morgan fingerprint density at radius 2 is 1.84 bits per heavy atom. The van der Waals surface area contributed by atoms with Crippen molar-refractivity contribution in [1.82, 2.24) is 5.32 Å². The SMILES string of the molecule is CCC(CNC(=O)CC(CN)CC(C)C)CC(=O)O. The Morgan fingerprint density at radius 3 is 2.26 bits per heavy atom. The molecule has 0 aromatic heterocycles. The molecule has 4 N–H and O–H groups in total. The molecule has 0 aliphatic carbocycles. The van der Waals surface area contributed by atoms with Gasteiger partial charge in [0.2, 0.25) is 5.91 Å². The van der Waals surface area contributed by atoms with Crippen LogP contribution in [0.5, 0.6) is 0 Å². The van der Waals surface area contributed by atoms with Gasteiger partial charge in [0, 0.05) is 19.4 Å². The van der Waals surface area contributed by atoms with E-state index in [1.54, 1.807) is 0 Å². The van der Waals surface area contributed by atoms with E-state index in [1.165, 1.54) is 0 Å². The van der Waals surface area contributed by atoms with E-state index in [0.29, 0.717) is 25.4 Å². The summed E-state index contributed by atoms with van der Waals surface area (Å²) in [5.41, 5.74) is 5.66. The lowest BCUT2D eigenvalue weighted by molar-refractivity contribution is -0.138. The topological polar surface area (TPSA) is 92.4 Å². The van der Waals surface area contributed by atoms with Gasteiger partial charge in [-0.3, -0.25) is 9.59 Å². The first kappa shape index (κ1) is 17.9. The molecule has 0 radical (unpaired) electrons. The van der Waals surface area contributed by atoms with Crippen LogP contribution in [0.3, 0.4) is 0 Å². The number of hydrogen-bond donors (Lipinski definition) is 3. The fraction of sp³-hybridized carbons (Fsp3) is 0.857. The van der Waals surface area contributed by atoms with Gasteiger partial charge in [-0.25, -0.2) is 0 Å². The lowest BCUT2D eigenvalue weighted by Crippen LogP contribution is -2.33. The first-order chi connectivity index (χ1) is 8.88. The van der Waals surface area contributed by atoms with Crippen LogP contribution in [0.4, 0.5) is 0 Å². The number of aliphatic carboxylic acids is 1. The predicted molar refractivity (Wildman–Crippen MR) is 75.7 cm³/mol. The molecule has 0 spiro atoms. The van der Waals surface area contributed by atoms with Gasteiger partial charge in [-0.1, -0.05) is 27.2 Å². The van der Waals surface area contributed by atoms with Gasteiger partial charge in [0.1, 0.15) is 0 Å². The number of carbonyl (C=O) groups excluding carboxylic acids is 1. The highest BCUT2D eigenvalue weighted by Gasteiger charge is 2.16. The van der Waals surface area contributed by atoms with E-state index in [0.717, 1.165) is 12.8 Å². The molecule has 1 amide bonds. The van der Waals surface area contributed by atoms with Gasteiger partial charge < -0.3 is 16.2 Å². The smallest absolute Gasteiger partial charge is 0.303 e. The van der Waals surface area contributed by atoms with Crippen molar-refractivity contribution in [3.63, 3.8) is 0 Å². The van der Waals surface area contributed by atoms with Gasteiger partial charge in [0.05, 0.1) is 0 Å². The summed E-state index contributed by atoms with van der Waals surface area (Å²) in [6, 6.07) is 0. The first-order valence-electron chi connectivity index (χ1n) is 7.07. The monoisotopic (exact) mass is 272 g/mol. The molecule has 0 fully saturated rings. The number of carboxylic acid groups (broad SMARTS) is 1. The van der Waals surface area contributed by atoms with Crippen molar-refractivity contribution in [3.8, 4) is 0 Å². The average Bonchev–Trinajstić information content (AvgIpc) is 2.32. The second-order valence-electron chi connectivity index (χ2n) is 5.61. The third kappa shape index (κ3) is 9.47. The van der Waals surface area contributed by atoms with E-state index in [-0.39, 0.29) is 24.2 Å². The maximum atomic E-state index is 11.8. The molecule has 0 bridgehead atoms. The van der Waals surface area contributed by atoms with Crippen LogP contribution < -0.4 is 11.1 Å². The Bertz CT molecular complexity index is 280. The van der Waals surface area contributed by atoms with Crippen LogP contribution in [0.2, 0.25) is 0 Å². The van der Waals surface area contributed by atoms with Crippen molar-refractivity contribution in [2.45, 2.75) is 46.5 Å². The van der Waals surface area contributed by atoms with Crippen molar-refractivity contribution in [1.29, 1.82) is 0 Å². The number of carbonyl (C=O) groups is 2. The Labute approximate surface area is 115 Å². The van der Waals surface area contributed by atoms with E-state index in [4.69, 9.17) is 10.8 Å². The van der Waals surface area contributed by atoms with Gasteiger partial charge in [-0.15, -0.1) is 0 Å². The fourth-order valence-corrected chi connectivity index (χ4v) is 2.13. The van der Waals surface area contributed by atoms with Crippen LogP contribution >= 0.6 is 0 Å². The van der Waals surface area contributed by atoms with E-state index in [1.807, 2.05) is 6.92 Å². The minimum atomic E-state index is -0.819.